The Hall–Kier alpha value is -0.330. The van der Waals surface area contributed by atoms with Crippen molar-refractivity contribution < 1.29 is 8.42 Å². The zero-order chi connectivity index (χ0) is 14.8. The van der Waals surface area contributed by atoms with Crippen LogP contribution in [0.2, 0.25) is 10.0 Å². The Morgan fingerprint density at radius 3 is 2.55 bits per heavy atom. The molecule has 112 valence electrons. The molecule has 0 saturated carbocycles. The minimum absolute atomic E-state index is 0.0663. The fourth-order valence-electron chi connectivity index (χ4n) is 2.39. The molecule has 0 amide bonds. The molecular weight excluding hydrogens is 319 g/mol. The molecule has 0 aliphatic carbocycles. The van der Waals surface area contributed by atoms with E-state index >= 15 is 0 Å². The molecule has 2 atom stereocenters. The molecule has 0 bridgehead atoms. The highest BCUT2D eigenvalue weighted by Gasteiger charge is 2.25. The van der Waals surface area contributed by atoms with Gasteiger partial charge in [-0.2, -0.15) is 0 Å². The maximum atomic E-state index is 12.2. The molecule has 1 aromatic rings. The first-order valence-corrected chi connectivity index (χ1v) is 8.95. The summed E-state index contributed by atoms with van der Waals surface area (Å²) >= 11 is 11.8. The molecule has 2 unspecified atom stereocenters. The van der Waals surface area contributed by atoms with Gasteiger partial charge in [-0.15, -0.1) is 0 Å². The topological polar surface area (TPSA) is 58.2 Å². The zero-order valence-electron chi connectivity index (χ0n) is 11.2. The third-order valence-corrected chi connectivity index (χ3v) is 5.18. The highest BCUT2D eigenvalue weighted by Crippen LogP contribution is 2.21. The van der Waals surface area contributed by atoms with Crippen LogP contribution in [0.1, 0.15) is 25.3 Å². The van der Waals surface area contributed by atoms with Crippen LogP contribution in [0.4, 0.5) is 0 Å². The molecule has 4 nitrogen and oxygen atoms in total. The summed E-state index contributed by atoms with van der Waals surface area (Å²) in [5.41, 5.74) is 0.589. The largest absolute Gasteiger partial charge is 0.313 e. The zero-order valence-corrected chi connectivity index (χ0v) is 13.5. The first-order chi connectivity index (χ1) is 9.35. The molecule has 20 heavy (non-hydrogen) atoms. The molecule has 1 aromatic carbocycles. The molecule has 2 rings (SSSR count). The average molecular weight is 337 g/mol. The van der Waals surface area contributed by atoms with E-state index in [-0.39, 0.29) is 17.8 Å². The SMILES string of the molecule is CC1NCCCC1NS(=O)(=O)Cc1cc(Cl)cc(Cl)c1. The third kappa shape index (κ3) is 4.60. The monoisotopic (exact) mass is 336 g/mol. The molecule has 1 heterocycles. The predicted octanol–water partition coefficient (Wildman–Crippen LogP) is 2.55. The van der Waals surface area contributed by atoms with Gasteiger partial charge in [0.2, 0.25) is 10.0 Å². The molecule has 1 aliphatic heterocycles. The van der Waals surface area contributed by atoms with E-state index in [9.17, 15) is 8.42 Å². The second-order valence-electron chi connectivity index (χ2n) is 5.15. The summed E-state index contributed by atoms with van der Waals surface area (Å²) in [4.78, 5) is 0. The molecule has 0 aromatic heterocycles. The van der Waals surface area contributed by atoms with Crippen molar-refractivity contribution in [3.05, 3.63) is 33.8 Å². The highest BCUT2D eigenvalue weighted by molar-refractivity contribution is 7.88. The van der Waals surface area contributed by atoms with Gasteiger partial charge in [0.25, 0.3) is 0 Å². The lowest BCUT2D eigenvalue weighted by Crippen LogP contribution is -2.52. The molecule has 1 fully saturated rings. The molecular formula is C13H18Cl2N2O2S. The van der Waals surface area contributed by atoms with E-state index in [1.54, 1.807) is 18.2 Å². The molecule has 2 N–H and O–H groups in total. The van der Waals surface area contributed by atoms with Crippen molar-refractivity contribution in [2.45, 2.75) is 37.6 Å². The Morgan fingerprint density at radius 1 is 1.30 bits per heavy atom. The van der Waals surface area contributed by atoms with Crippen LogP contribution in [0.5, 0.6) is 0 Å². The van der Waals surface area contributed by atoms with Gasteiger partial charge < -0.3 is 5.32 Å². The van der Waals surface area contributed by atoms with Crippen LogP contribution in [-0.4, -0.2) is 27.0 Å². The van der Waals surface area contributed by atoms with E-state index < -0.39 is 10.0 Å². The molecule has 1 aliphatic rings. The van der Waals surface area contributed by atoms with E-state index in [0.717, 1.165) is 19.4 Å². The Morgan fingerprint density at radius 2 is 1.95 bits per heavy atom. The minimum Gasteiger partial charge on any atom is -0.313 e. The normalized spacial score (nSPS) is 23.8. The number of hydrogen-bond donors (Lipinski definition) is 2. The lowest BCUT2D eigenvalue weighted by molar-refractivity contribution is 0.348. The van der Waals surface area contributed by atoms with Crippen molar-refractivity contribution in [1.82, 2.24) is 10.0 Å². The van der Waals surface area contributed by atoms with Crippen molar-refractivity contribution in [2.24, 2.45) is 0 Å². The first kappa shape index (κ1) is 16.0. The number of benzene rings is 1. The van der Waals surface area contributed by atoms with Gasteiger partial charge in [-0.1, -0.05) is 23.2 Å². The summed E-state index contributed by atoms with van der Waals surface area (Å²) in [6.45, 7) is 2.92. The third-order valence-electron chi connectivity index (χ3n) is 3.37. The lowest BCUT2D eigenvalue weighted by atomic mass is 10.0. The van der Waals surface area contributed by atoms with Crippen molar-refractivity contribution >= 4 is 33.2 Å². The Kier molecular flexibility index (Phi) is 5.31. The van der Waals surface area contributed by atoms with Crippen LogP contribution >= 0.6 is 23.2 Å². The molecule has 1 saturated heterocycles. The lowest BCUT2D eigenvalue weighted by Gasteiger charge is -2.30. The Bertz CT molecular complexity index is 557. The summed E-state index contributed by atoms with van der Waals surface area (Å²) in [5.74, 6) is -0.115. The van der Waals surface area contributed by atoms with Crippen LogP contribution in [0, 0.1) is 0 Å². The van der Waals surface area contributed by atoms with E-state index in [1.165, 1.54) is 0 Å². The summed E-state index contributed by atoms with van der Waals surface area (Å²) in [6.07, 6.45) is 1.82. The fourth-order valence-corrected chi connectivity index (χ4v) is 4.43. The van der Waals surface area contributed by atoms with Crippen LogP contribution in [0.15, 0.2) is 18.2 Å². The van der Waals surface area contributed by atoms with Gasteiger partial charge in [-0.25, -0.2) is 13.1 Å². The number of hydrogen-bond acceptors (Lipinski definition) is 3. The van der Waals surface area contributed by atoms with E-state index in [2.05, 4.69) is 10.0 Å². The summed E-state index contributed by atoms with van der Waals surface area (Å²) in [7, 11) is -3.41. The van der Waals surface area contributed by atoms with Gasteiger partial charge >= 0.3 is 0 Å². The van der Waals surface area contributed by atoms with Gasteiger partial charge in [-0.05, 0) is 50.1 Å². The van der Waals surface area contributed by atoms with Crippen LogP contribution in [0.25, 0.3) is 0 Å². The first-order valence-electron chi connectivity index (χ1n) is 6.54. The number of rotatable bonds is 4. The number of piperidine rings is 1. The van der Waals surface area contributed by atoms with Gasteiger partial charge in [-0.3, -0.25) is 0 Å². The Balaban J connectivity index is 2.06. The van der Waals surface area contributed by atoms with Gasteiger partial charge in [0.05, 0.1) is 5.75 Å². The van der Waals surface area contributed by atoms with Crippen LogP contribution in [-0.2, 0) is 15.8 Å². The predicted molar refractivity (Wildman–Crippen MR) is 82.7 cm³/mol. The molecule has 0 spiro atoms. The average Bonchev–Trinajstić information content (AvgIpc) is 2.29. The second kappa shape index (κ2) is 6.62. The van der Waals surface area contributed by atoms with Gasteiger partial charge in [0.1, 0.15) is 0 Å². The summed E-state index contributed by atoms with van der Waals surface area (Å²) in [5, 5.41) is 4.15. The highest BCUT2D eigenvalue weighted by atomic mass is 35.5. The van der Waals surface area contributed by atoms with Crippen molar-refractivity contribution in [1.29, 1.82) is 0 Å². The van der Waals surface area contributed by atoms with Crippen LogP contribution in [0.3, 0.4) is 0 Å². The minimum atomic E-state index is -3.41. The van der Waals surface area contributed by atoms with E-state index in [1.807, 2.05) is 6.92 Å². The van der Waals surface area contributed by atoms with Gasteiger partial charge in [0.15, 0.2) is 0 Å². The van der Waals surface area contributed by atoms with Gasteiger partial charge in [0, 0.05) is 22.1 Å². The fraction of sp³-hybridized carbons (Fsp3) is 0.538. The smallest absolute Gasteiger partial charge is 0.216 e. The second-order valence-corrected chi connectivity index (χ2v) is 7.77. The number of halogens is 2. The summed E-state index contributed by atoms with van der Waals surface area (Å²) < 4.78 is 27.2. The van der Waals surface area contributed by atoms with Crippen molar-refractivity contribution in [2.75, 3.05) is 6.54 Å². The quantitative estimate of drug-likeness (QED) is 0.888. The maximum Gasteiger partial charge on any atom is 0.216 e. The van der Waals surface area contributed by atoms with Crippen molar-refractivity contribution in [3.8, 4) is 0 Å². The van der Waals surface area contributed by atoms with E-state index in [0.29, 0.717) is 15.6 Å². The molecule has 0 radical (unpaired) electrons. The number of sulfonamides is 1. The molecule has 7 heteroatoms. The van der Waals surface area contributed by atoms with Crippen molar-refractivity contribution in [3.63, 3.8) is 0 Å². The summed E-state index contributed by atoms with van der Waals surface area (Å²) in [6, 6.07) is 4.90. The van der Waals surface area contributed by atoms with E-state index in [4.69, 9.17) is 23.2 Å². The Labute approximate surface area is 129 Å². The maximum absolute atomic E-state index is 12.2. The standard InChI is InChI=1S/C13H18Cl2N2O2S/c1-9-13(3-2-4-16-9)17-20(18,19)8-10-5-11(14)7-12(15)6-10/h5-7,9,13,16-17H,2-4,8H2,1H3. The number of nitrogens with one attached hydrogen (secondary N) is 2. The van der Waals surface area contributed by atoms with Crippen LogP contribution < -0.4 is 10.0 Å².